The number of sulfonamides is 1. The Balaban J connectivity index is 1.43. The van der Waals surface area contributed by atoms with E-state index in [2.05, 4.69) is 20.8 Å². The molecule has 4 rings (SSSR count). The summed E-state index contributed by atoms with van der Waals surface area (Å²) < 4.78 is 53.6. The van der Waals surface area contributed by atoms with E-state index in [0.29, 0.717) is 67.5 Å². The van der Waals surface area contributed by atoms with Crippen molar-refractivity contribution in [2.75, 3.05) is 39.4 Å². The Bertz CT molecular complexity index is 994. The molecule has 156 valence electrons. The van der Waals surface area contributed by atoms with Crippen LogP contribution in [0.4, 0.5) is 4.39 Å². The van der Waals surface area contributed by atoms with Crippen molar-refractivity contribution in [3.63, 3.8) is 0 Å². The average Bonchev–Trinajstić information content (AvgIpc) is 2.95. The molecule has 2 aliphatic heterocycles. The molecular weight excluding hydrogens is 463 g/mol. The summed E-state index contributed by atoms with van der Waals surface area (Å²) in [5.74, 6) is 0.775. The lowest BCUT2D eigenvalue weighted by molar-refractivity contribution is 0.180. The fourth-order valence-corrected chi connectivity index (χ4v) is 5.24. The van der Waals surface area contributed by atoms with E-state index in [1.807, 2.05) is 6.07 Å². The molecule has 29 heavy (non-hydrogen) atoms. The monoisotopic (exact) mass is 484 g/mol. The van der Waals surface area contributed by atoms with Gasteiger partial charge in [-0.3, -0.25) is 4.90 Å². The highest BCUT2D eigenvalue weighted by Crippen LogP contribution is 2.33. The molecule has 0 aliphatic carbocycles. The zero-order valence-corrected chi connectivity index (χ0v) is 18.2. The van der Waals surface area contributed by atoms with E-state index in [9.17, 15) is 12.8 Å². The van der Waals surface area contributed by atoms with Crippen molar-refractivity contribution in [3.05, 3.63) is 52.3 Å². The van der Waals surface area contributed by atoms with Crippen molar-refractivity contribution in [3.8, 4) is 11.5 Å². The Hall–Kier alpha value is -1.68. The van der Waals surface area contributed by atoms with Crippen LogP contribution in [0.25, 0.3) is 0 Å². The van der Waals surface area contributed by atoms with Crippen molar-refractivity contribution >= 4 is 26.0 Å². The largest absolute Gasteiger partial charge is 0.490 e. The van der Waals surface area contributed by atoms with E-state index in [-0.39, 0.29) is 10.7 Å². The third kappa shape index (κ3) is 4.58. The number of benzene rings is 2. The highest BCUT2D eigenvalue weighted by molar-refractivity contribution is 9.10. The minimum atomic E-state index is -3.63. The SMILES string of the molecule is O=S(=O)(c1ccc2c(c1)OCCCO2)N1CCN(Cc2ccc(Br)cc2F)CC1. The van der Waals surface area contributed by atoms with Crippen LogP contribution in [0.5, 0.6) is 11.5 Å². The third-order valence-corrected chi connectivity index (χ3v) is 7.48. The molecule has 0 unspecified atom stereocenters. The number of fused-ring (bicyclic) bond motifs is 1. The van der Waals surface area contributed by atoms with Gasteiger partial charge in [-0.25, -0.2) is 12.8 Å². The number of piperazine rings is 1. The van der Waals surface area contributed by atoms with Crippen LogP contribution in [0.2, 0.25) is 0 Å². The predicted octanol–water partition coefficient (Wildman–Crippen LogP) is 3.26. The maximum Gasteiger partial charge on any atom is 0.243 e. The van der Waals surface area contributed by atoms with Crippen molar-refractivity contribution in [1.29, 1.82) is 0 Å². The molecule has 2 aromatic carbocycles. The van der Waals surface area contributed by atoms with Crippen molar-refractivity contribution in [2.45, 2.75) is 17.9 Å². The lowest BCUT2D eigenvalue weighted by atomic mass is 10.2. The van der Waals surface area contributed by atoms with Crippen LogP contribution in [-0.2, 0) is 16.6 Å². The Morgan fingerprint density at radius 3 is 2.41 bits per heavy atom. The molecule has 0 bridgehead atoms. The van der Waals surface area contributed by atoms with Crippen LogP contribution in [0.3, 0.4) is 0 Å². The molecule has 2 aromatic rings. The lowest BCUT2D eigenvalue weighted by Gasteiger charge is -2.34. The predicted molar refractivity (Wildman–Crippen MR) is 110 cm³/mol. The number of hydrogen-bond acceptors (Lipinski definition) is 5. The standard InChI is InChI=1S/C20H22BrFN2O4S/c21-16-3-2-15(18(22)12-16)14-23-6-8-24(9-7-23)29(25,26)17-4-5-19-20(13-17)28-11-1-10-27-19/h2-5,12-13H,1,6-11,14H2. The Labute approximate surface area is 178 Å². The molecule has 2 aliphatic rings. The van der Waals surface area contributed by atoms with Gasteiger partial charge in [0, 0.05) is 55.2 Å². The van der Waals surface area contributed by atoms with Gasteiger partial charge in [-0.05, 0) is 24.3 Å². The van der Waals surface area contributed by atoms with Crippen molar-refractivity contribution in [2.24, 2.45) is 0 Å². The summed E-state index contributed by atoms with van der Waals surface area (Å²) in [4.78, 5) is 2.26. The summed E-state index contributed by atoms with van der Waals surface area (Å²) in [5.41, 5.74) is 0.604. The summed E-state index contributed by atoms with van der Waals surface area (Å²) >= 11 is 3.26. The van der Waals surface area contributed by atoms with Crippen LogP contribution in [-0.4, -0.2) is 57.0 Å². The van der Waals surface area contributed by atoms with Gasteiger partial charge in [-0.15, -0.1) is 0 Å². The second kappa shape index (κ2) is 8.59. The van der Waals surface area contributed by atoms with Gasteiger partial charge >= 0.3 is 0 Å². The lowest BCUT2D eigenvalue weighted by Crippen LogP contribution is -2.48. The zero-order valence-electron chi connectivity index (χ0n) is 15.8. The molecule has 0 spiro atoms. The highest BCUT2D eigenvalue weighted by Gasteiger charge is 2.29. The fourth-order valence-electron chi connectivity index (χ4n) is 3.47. The first-order valence-corrected chi connectivity index (χ1v) is 11.7. The second-order valence-electron chi connectivity index (χ2n) is 7.07. The minimum Gasteiger partial charge on any atom is -0.490 e. The maximum absolute atomic E-state index is 14.1. The van der Waals surface area contributed by atoms with Crippen LogP contribution in [0.15, 0.2) is 45.8 Å². The number of hydrogen-bond donors (Lipinski definition) is 0. The quantitative estimate of drug-likeness (QED) is 0.666. The minimum absolute atomic E-state index is 0.203. The Kier molecular flexibility index (Phi) is 6.10. The molecule has 0 radical (unpaired) electrons. The topological polar surface area (TPSA) is 59.1 Å². The second-order valence-corrected chi connectivity index (χ2v) is 9.93. The molecular formula is C20H22BrFN2O4S. The summed E-state index contributed by atoms with van der Waals surface area (Å²) in [7, 11) is -3.63. The van der Waals surface area contributed by atoms with Crippen LogP contribution < -0.4 is 9.47 Å². The van der Waals surface area contributed by atoms with Gasteiger partial charge in [-0.1, -0.05) is 22.0 Å². The molecule has 0 N–H and O–H groups in total. The van der Waals surface area contributed by atoms with E-state index >= 15 is 0 Å². The summed E-state index contributed by atoms with van der Waals surface area (Å²) in [6.07, 6.45) is 0.762. The molecule has 0 aromatic heterocycles. The first-order chi connectivity index (χ1) is 13.9. The summed E-state index contributed by atoms with van der Waals surface area (Å²) in [6.45, 7) is 3.31. The first-order valence-electron chi connectivity index (χ1n) is 9.49. The number of rotatable bonds is 4. The van der Waals surface area contributed by atoms with Crippen LogP contribution in [0, 0.1) is 5.82 Å². The molecule has 0 amide bonds. The third-order valence-electron chi connectivity index (χ3n) is 5.10. The van der Waals surface area contributed by atoms with Gasteiger partial charge in [0.1, 0.15) is 5.82 Å². The summed E-state index contributed by atoms with van der Waals surface area (Å²) in [6, 6.07) is 9.76. The van der Waals surface area contributed by atoms with Gasteiger partial charge in [0.25, 0.3) is 0 Å². The van der Waals surface area contributed by atoms with Gasteiger partial charge in [-0.2, -0.15) is 4.31 Å². The van der Waals surface area contributed by atoms with E-state index in [1.54, 1.807) is 24.3 Å². The number of halogens is 2. The van der Waals surface area contributed by atoms with E-state index in [0.717, 1.165) is 6.42 Å². The average molecular weight is 485 g/mol. The van der Waals surface area contributed by atoms with E-state index < -0.39 is 10.0 Å². The molecule has 2 heterocycles. The summed E-state index contributed by atoms with van der Waals surface area (Å²) in [5, 5.41) is 0. The van der Waals surface area contributed by atoms with Crippen molar-refractivity contribution in [1.82, 2.24) is 9.21 Å². The van der Waals surface area contributed by atoms with Gasteiger partial charge in [0.15, 0.2) is 11.5 Å². The van der Waals surface area contributed by atoms with E-state index in [1.165, 1.54) is 10.4 Å². The zero-order chi connectivity index (χ0) is 20.4. The highest BCUT2D eigenvalue weighted by atomic mass is 79.9. The molecule has 0 saturated carbocycles. The Morgan fingerprint density at radius 2 is 1.69 bits per heavy atom. The maximum atomic E-state index is 14.1. The van der Waals surface area contributed by atoms with Crippen molar-refractivity contribution < 1.29 is 22.3 Å². The smallest absolute Gasteiger partial charge is 0.243 e. The molecule has 6 nitrogen and oxygen atoms in total. The molecule has 1 saturated heterocycles. The van der Waals surface area contributed by atoms with Gasteiger partial charge in [0.2, 0.25) is 10.0 Å². The normalized spacial score (nSPS) is 18.4. The first kappa shape index (κ1) is 20.6. The molecule has 1 fully saturated rings. The fraction of sp³-hybridized carbons (Fsp3) is 0.400. The Morgan fingerprint density at radius 1 is 0.966 bits per heavy atom. The van der Waals surface area contributed by atoms with Crippen LogP contribution >= 0.6 is 15.9 Å². The van der Waals surface area contributed by atoms with Gasteiger partial charge in [0.05, 0.1) is 18.1 Å². The number of ether oxygens (including phenoxy) is 2. The molecule has 9 heteroatoms. The molecule has 0 atom stereocenters. The van der Waals surface area contributed by atoms with Crippen LogP contribution in [0.1, 0.15) is 12.0 Å². The van der Waals surface area contributed by atoms with Gasteiger partial charge < -0.3 is 9.47 Å². The number of nitrogens with zero attached hydrogens (tertiary/aromatic N) is 2. The van der Waals surface area contributed by atoms with E-state index in [4.69, 9.17) is 9.47 Å².